The Hall–Kier alpha value is -2.73. The Morgan fingerprint density at radius 3 is 2.59 bits per heavy atom. The van der Waals surface area contributed by atoms with Crippen molar-refractivity contribution in [2.45, 2.75) is 45.1 Å². The molecule has 208 valence electrons. The number of ketones is 1. The summed E-state index contributed by atoms with van der Waals surface area (Å²) in [5, 5.41) is 11.1. The first-order chi connectivity index (χ1) is 18.8. The molecule has 2 fully saturated rings. The summed E-state index contributed by atoms with van der Waals surface area (Å²) < 4.78 is 5.77. The molecule has 2 aliphatic rings. The van der Waals surface area contributed by atoms with Crippen LogP contribution in [0.15, 0.2) is 12.3 Å². The summed E-state index contributed by atoms with van der Waals surface area (Å²) in [4.78, 5) is 46.2. The van der Waals surface area contributed by atoms with Crippen molar-refractivity contribution in [2.24, 2.45) is 5.92 Å². The van der Waals surface area contributed by atoms with Gasteiger partial charge < -0.3 is 24.6 Å². The summed E-state index contributed by atoms with van der Waals surface area (Å²) in [5.41, 5.74) is 1.24. The van der Waals surface area contributed by atoms with E-state index in [1.54, 1.807) is 20.2 Å². The largest absolute Gasteiger partial charge is 0.477 e. The van der Waals surface area contributed by atoms with Gasteiger partial charge in [0.1, 0.15) is 22.1 Å². The number of hydrogen-bond acceptors (Lipinski definition) is 9. The minimum absolute atomic E-state index is 0.0415. The van der Waals surface area contributed by atoms with Crippen LogP contribution in [0.5, 0.6) is 0 Å². The molecule has 0 saturated carbocycles. The molecule has 0 radical (unpaired) electrons. The van der Waals surface area contributed by atoms with Crippen LogP contribution in [-0.2, 0) is 4.74 Å². The van der Waals surface area contributed by atoms with Gasteiger partial charge in [0.2, 0.25) is 0 Å². The quantitative estimate of drug-likeness (QED) is 0.333. The molecule has 0 bridgehead atoms. The normalized spacial score (nSPS) is 19.9. The zero-order valence-corrected chi connectivity index (χ0v) is 24.1. The Morgan fingerprint density at radius 1 is 1.15 bits per heavy atom. The van der Waals surface area contributed by atoms with Crippen LogP contribution in [-0.4, -0.2) is 76.2 Å². The first kappa shape index (κ1) is 27.8. The third-order valence-electron chi connectivity index (χ3n) is 7.39. The van der Waals surface area contributed by atoms with Crippen LogP contribution >= 0.6 is 34.5 Å². The lowest BCUT2D eigenvalue weighted by Crippen LogP contribution is -2.45. The van der Waals surface area contributed by atoms with Crippen molar-refractivity contribution in [3.63, 3.8) is 0 Å². The number of carboxylic acid groups (broad SMARTS) is 1. The average molecular weight is 594 g/mol. The number of carbonyl (C=O) groups excluding carboxylic acids is 1. The van der Waals surface area contributed by atoms with E-state index in [1.165, 1.54) is 6.42 Å². The number of aromatic amines is 1. The topological polar surface area (TPSA) is 125 Å². The maximum atomic E-state index is 13.0. The first-order valence-electron chi connectivity index (χ1n) is 12.9. The maximum absolute atomic E-state index is 13.0. The fourth-order valence-electron chi connectivity index (χ4n) is 5.25. The number of carbonyl (C=O) groups is 2. The van der Waals surface area contributed by atoms with Gasteiger partial charge >= 0.3 is 5.97 Å². The van der Waals surface area contributed by atoms with E-state index < -0.39 is 5.97 Å². The number of aryl methyl sites for hydroxylation is 1. The highest BCUT2D eigenvalue weighted by molar-refractivity contribution is 7.17. The van der Waals surface area contributed by atoms with Crippen molar-refractivity contribution >= 4 is 57.2 Å². The second-order valence-corrected chi connectivity index (χ2v) is 11.6. The van der Waals surface area contributed by atoms with Crippen molar-refractivity contribution in [3.05, 3.63) is 38.6 Å². The molecule has 0 aliphatic carbocycles. The van der Waals surface area contributed by atoms with Gasteiger partial charge in [-0.2, -0.15) is 0 Å². The van der Waals surface area contributed by atoms with Gasteiger partial charge in [-0.25, -0.2) is 19.7 Å². The van der Waals surface area contributed by atoms with Gasteiger partial charge in [0, 0.05) is 51.6 Å². The molecule has 5 heterocycles. The number of nitrogens with zero attached hydrogens (tertiary/aromatic N) is 5. The number of halogens is 2. The highest BCUT2D eigenvalue weighted by Crippen LogP contribution is 2.36. The van der Waals surface area contributed by atoms with Gasteiger partial charge in [-0.1, -0.05) is 34.5 Å². The van der Waals surface area contributed by atoms with E-state index in [0.29, 0.717) is 46.9 Å². The first-order valence-corrected chi connectivity index (χ1v) is 14.5. The molecule has 3 aromatic rings. The molecule has 3 aromatic heterocycles. The van der Waals surface area contributed by atoms with Crippen LogP contribution in [0.3, 0.4) is 0 Å². The number of anilines is 2. The monoisotopic (exact) mass is 592 g/mol. The van der Waals surface area contributed by atoms with Gasteiger partial charge in [0.15, 0.2) is 16.7 Å². The van der Waals surface area contributed by atoms with Gasteiger partial charge in [-0.3, -0.25) is 4.79 Å². The molecule has 0 amide bonds. The maximum Gasteiger partial charge on any atom is 0.348 e. The minimum atomic E-state index is -1.07. The lowest BCUT2D eigenvalue weighted by atomic mass is 9.88. The summed E-state index contributed by atoms with van der Waals surface area (Å²) in [6.07, 6.45) is 5.73. The summed E-state index contributed by atoms with van der Waals surface area (Å²) >= 11 is 13.5. The number of Topliss-reactive ketones (excluding diaryl/α,β-unsaturated/α-hetero) is 1. The third-order valence-corrected chi connectivity index (χ3v) is 9.44. The van der Waals surface area contributed by atoms with Crippen LogP contribution in [0.1, 0.15) is 58.0 Å². The molecule has 0 aromatic carbocycles. The number of aromatic carboxylic acids is 1. The fourth-order valence-corrected chi connectivity index (χ4v) is 6.62. The van der Waals surface area contributed by atoms with Crippen LogP contribution in [0.2, 0.25) is 10.0 Å². The van der Waals surface area contributed by atoms with E-state index in [1.807, 2.05) is 11.0 Å². The number of ether oxygens (including phenoxy) is 1. The highest BCUT2D eigenvalue weighted by Gasteiger charge is 2.34. The number of piperidine rings is 2. The standard InChI is InChI=1S/C26H30Cl2N6O4S/c1-14-19(27)20(28)21(30-14)16(35)12-15-7-11-34(13-17(15)38-2)26-32-22(23(39-26)25(36)37)24-29-8-6-18(31-24)33-9-4-3-5-10-33/h6,8,15,17,30H,3-5,7,9-13H2,1-2H3,(H,36,37)/t15-,17-/m0/s1. The molecular weight excluding hydrogens is 563 g/mol. The van der Waals surface area contributed by atoms with Crippen LogP contribution in [0.4, 0.5) is 10.9 Å². The number of methoxy groups -OCH3 is 1. The van der Waals surface area contributed by atoms with Crippen molar-refractivity contribution < 1.29 is 19.4 Å². The molecular formula is C26H30Cl2N6O4S. The summed E-state index contributed by atoms with van der Waals surface area (Å²) in [6, 6.07) is 1.85. The third kappa shape index (κ3) is 5.77. The van der Waals surface area contributed by atoms with Crippen molar-refractivity contribution in [2.75, 3.05) is 43.1 Å². The van der Waals surface area contributed by atoms with Crippen LogP contribution < -0.4 is 9.80 Å². The number of H-pyrrole nitrogens is 1. The lowest BCUT2D eigenvalue weighted by molar-refractivity contribution is 0.0375. The number of nitrogens with one attached hydrogen (secondary N) is 1. The molecule has 2 atom stereocenters. The molecule has 2 aliphatic heterocycles. The minimum Gasteiger partial charge on any atom is -0.477 e. The van der Waals surface area contributed by atoms with Crippen LogP contribution in [0.25, 0.3) is 11.5 Å². The molecule has 2 saturated heterocycles. The summed E-state index contributed by atoms with van der Waals surface area (Å²) in [7, 11) is 1.62. The Kier molecular flexibility index (Phi) is 8.41. The Balaban J connectivity index is 1.34. The van der Waals surface area contributed by atoms with Gasteiger partial charge in [-0.15, -0.1) is 0 Å². The second kappa shape index (κ2) is 11.8. The molecule has 13 heteroatoms. The van der Waals surface area contributed by atoms with Crippen molar-refractivity contribution in [1.29, 1.82) is 0 Å². The van der Waals surface area contributed by atoms with E-state index in [9.17, 15) is 14.7 Å². The smallest absolute Gasteiger partial charge is 0.348 e. The molecule has 10 nitrogen and oxygen atoms in total. The molecule has 0 unspecified atom stereocenters. The van der Waals surface area contributed by atoms with Crippen molar-refractivity contribution in [1.82, 2.24) is 19.9 Å². The van der Waals surface area contributed by atoms with E-state index in [2.05, 4.69) is 19.9 Å². The molecule has 39 heavy (non-hydrogen) atoms. The van der Waals surface area contributed by atoms with Crippen molar-refractivity contribution in [3.8, 4) is 11.5 Å². The van der Waals surface area contributed by atoms with Gasteiger partial charge in [0.05, 0.1) is 16.1 Å². The lowest BCUT2D eigenvalue weighted by Gasteiger charge is -2.37. The molecule has 0 spiro atoms. The van der Waals surface area contributed by atoms with E-state index in [0.717, 1.165) is 43.1 Å². The summed E-state index contributed by atoms with van der Waals surface area (Å²) in [5.74, 6) is -0.139. The van der Waals surface area contributed by atoms with E-state index >= 15 is 0 Å². The Morgan fingerprint density at radius 2 is 1.92 bits per heavy atom. The number of carboxylic acids is 1. The Labute approximate surface area is 240 Å². The van der Waals surface area contributed by atoms with E-state index in [-0.39, 0.29) is 39.8 Å². The zero-order chi connectivity index (χ0) is 27.7. The summed E-state index contributed by atoms with van der Waals surface area (Å²) in [6.45, 7) is 4.67. The van der Waals surface area contributed by atoms with E-state index in [4.69, 9.17) is 32.9 Å². The predicted octanol–water partition coefficient (Wildman–Crippen LogP) is 5.35. The molecule has 5 rings (SSSR count). The van der Waals surface area contributed by atoms with Gasteiger partial charge in [-0.05, 0) is 44.6 Å². The predicted molar refractivity (Wildman–Crippen MR) is 152 cm³/mol. The SMILES string of the molecule is CO[C@H]1CN(c2nc(-c3nccc(N4CCCCC4)n3)c(C(=O)O)s2)CC[C@H]1CC(=O)c1[nH]c(C)c(Cl)c1Cl. The second-order valence-electron chi connectivity index (χ2n) is 9.91. The zero-order valence-electron chi connectivity index (χ0n) is 21.7. The number of thiazole rings is 1. The van der Waals surface area contributed by atoms with Crippen LogP contribution in [0, 0.1) is 12.8 Å². The number of rotatable bonds is 8. The highest BCUT2D eigenvalue weighted by atomic mass is 35.5. The Bertz CT molecular complexity index is 1370. The number of hydrogen-bond donors (Lipinski definition) is 2. The van der Waals surface area contributed by atoms with Gasteiger partial charge in [0.25, 0.3) is 0 Å². The molecule has 2 N–H and O–H groups in total. The average Bonchev–Trinajstić information content (AvgIpc) is 3.52. The number of aromatic nitrogens is 4. The fraction of sp³-hybridized carbons (Fsp3) is 0.500.